The topological polar surface area (TPSA) is 152 Å². The monoisotopic (exact) mass is 626 g/mol. The zero-order valence-corrected chi connectivity index (χ0v) is 27.4. The number of carbonyl (C=O) groups excluding carboxylic acids is 5. The second-order valence-electron chi connectivity index (χ2n) is 13.5. The van der Waals surface area contributed by atoms with Crippen LogP contribution in [0.1, 0.15) is 85.6 Å². The molecule has 1 aromatic carbocycles. The Morgan fingerprint density at radius 3 is 2.27 bits per heavy atom. The summed E-state index contributed by atoms with van der Waals surface area (Å²) in [6.45, 7) is 11.6. The van der Waals surface area contributed by atoms with E-state index in [9.17, 15) is 24.0 Å². The molecule has 1 aliphatic heterocycles. The Balaban J connectivity index is 1.74. The summed E-state index contributed by atoms with van der Waals surface area (Å²) in [5.74, 6) is -1.24. The minimum atomic E-state index is -1.16. The van der Waals surface area contributed by atoms with Gasteiger partial charge in [-0.2, -0.15) is 0 Å². The van der Waals surface area contributed by atoms with Crippen LogP contribution in [0.5, 0.6) is 0 Å². The van der Waals surface area contributed by atoms with Gasteiger partial charge in [0, 0.05) is 30.5 Å². The average molecular weight is 627 g/mol. The smallest absolute Gasteiger partial charge is 0.408 e. The summed E-state index contributed by atoms with van der Waals surface area (Å²) < 4.78 is 11.4. The molecule has 3 rings (SSSR count). The van der Waals surface area contributed by atoms with Crippen LogP contribution in [-0.2, 0) is 35.3 Å². The molecule has 0 bridgehead atoms. The van der Waals surface area contributed by atoms with Gasteiger partial charge in [-0.15, -0.1) is 0 Å². The van der Waals surface area contributed by atoms with Crippen molar-refractivity contribution in [2.45, 2.75) is 110 Å². The maximum atomic E-state index is 13.7. The van der Waals surface area contributed by atoms with E-state index < -0.39 is 41.7 Å². The lowest BCUT2D eigenvalue weighted by Gasteiger charge is -2.31. The molecule has 1 saturated heterocycles. The molecule has 4 amide bonds. The number of hydrogen-bond acceptors (Lipinski definition) is 7. The molecule has 0 aromatic heterocycles. The standard InChI is InChI=1S/C34H50N4O7/c1-21(2)18-27(31(41)36-26(14-15-28(39)24-12-13-24)19-25-16-17-35-30(25)40)37-32(42)29(22(3)45-34(4,5)6)38-33(43)44-20-23-10-8-7-9-11-23/h7-11,14,21-22,24-25,27,29H,12-13,15-20H2,1-6H3,(H,35,40)(H,36,41)(H,37,42)(H,38,43)/t22?,25-,27-,29-/m0/s1. The van der Waals surface area contributed by atoms with Crippen molar-refractivity contribution in [3.63, 3.8) is 0 Å². The second-order valence-corrected chi connectivity index (χ2v) is 13.5. The quantitative estimate of drug-likeness (QED) is 0.217. The molecule has 1 aromatic rings. The van der Waals surface area contributed by atoms with Crippen LogP contribution in [0.15, 0.2) is 42.1 Å². The third-order valence-corrected chi connectivity index (χ3v) is 7.61. The molecule has 0 radical (unpaired) electrons. The largest absolute Gasteiger partial charge is 0.445 e. The number of hydrogen-bond donors (Lipinski definition) is 4. The maximum Gasteiger partial charge on any atom is 0.408 e. The van der Waals surface area contributed by atoms with Crippen LogP contribution >= 0.6 is 0 Å². The highest BCUT2D eigenvalue weighted by Gasteiger charge is 2.35. The number of amides is 4. The van der Waals surface area contributed by atoms with E-state index in [2.05, 4.69) is 21.3 Å². The van der Waals surface area contributed by atoms with Crippen LogP contribution < -0.4 is 21.3 Å². The van der Waals surface area contributed by atoms with Gasteiger partial charge < -0.3 is 30.7 Å². The van der Waals surface area contributed by atoms with Gasteiger partial charge in [-0.1, -0.05) is 50.3 Å². The normalized spacial score (nSPS) is 18.9. The predicted molar refractivity (Wildman–Crippen MR) is 170 cm³/mol. The summed E-state index contributed by atoms with van der Waals surface area (Å²) in [5.41, 5.74) is 0.661. The number of allylic oxidation sites excluding steroid dienone is 2. The van der Waals surface area contributed by atoms with Gasteiger partial charge in [0.1, 0.15) is 24.5 Å². The molecule has 1 aliphatic carbocycles. The Morgan fingerprint density at radius 1 is 1.00 bits per heavy atom. The molecule has 4 N–H and O–H groups in total. The number of carbonyl (C=O) groups is 5. The van der Waals surface area contributed by atoms with E-state index in [0.717, 1.165) is 18.4 Å². The van der Waals surface area contributed by atoms with Gasteiger partial charge in [0.15, 0.2) is 0 Å². The molecule has 0 spiro atoms. The van der Waals surface area contributed by atoms with Crippen molar-refractivity contribution in [3.05, 3.63) is 47.7 Å². The fraction of sp³-hybridized carbons (Fsp3) is 0.618. The van der Waals surface area contributed by atoms with E-state index in [-0.39, 0.29) is 48.9 Å². The molecule has 4 atom stereocenters. The average Bonchev–Trinajstić information content (AvgIpc) is 3.74. The van der Waals surface area contributed by atoms with E-state index >= 15 is 0 Å². The summed E-state index contributed by atoms with van der Waals surface area (Å²) >= 11 is 0. The van der Waals surface area contributed by atoms with Crippen molar-refractivity contribution in [1.82, 2.24) is 21.3 Å². The Morgan fingerprint density at radius 2 is 1.69 bits per heavy atom. The molecule has 1 saturated carbocycles. The van der Waals surface area contributed by atoms with Gasteiger partial charge in [0.05, 0.1) is 11.7 Å². The first-order valence-electron chi connectivity index (χ1n) is 16.0. The van der Waals surface area contributed by atoms with Crippen LogP contribution in [0, 0.1) is 17.8 Å². The SMILES string of the molecule is CC(C)C[C@H](NC(=O)[C@@H](NC(=O)OCc1ccccc1)C(C)OC(C)(C)C)C(=O)NC(=CCC(=O)C1CC1)C[C@@H]1CCNC1=O. The Hall–Kier alpha value is -3.73. The van der Waals surface area contributed by atoms with Crippen LogP contribution in [0.2, 0.25) is 0 Å². The lowest BCUT2D eigenvalue weighted by atomic mass is 9.99. The van der Waals surface area contributed by atoms with Crippen molar-refractivity contribution < 1.29 is 33.4 Å². The number of ketones is 1. The van der Waals surface area contributed by atoms with Crippen LogP contribution in [0.25, 0.3) is 0 Å². The molecule has 2 aliphatic rings. The third-order valence-electron chi connectivity index (χ3n) is 7.61. The Labute approximate surface area is 266 Å². The highest BCUT2D eigenvalue weighted by molar-refractivity contribution is 5.92. The third kappa shape index (κ3) is 12.7. The fourth-order valence-electron chi connectivity index (χ4n) is 5.21. The first-order valence-corrected chi connectivity index (χ1v) is 16.0. The number of ether oxygens (including phenoxy) is 2. The second kappa shape index (κ2) is 16.5. The van der Waals surface area contributed by atoms with Crippen molar-refractivity contribution in [2.24, 2.45) is 17.8 Å². The van der Waals surface area contributed by atoms with Gasteiger partial charge in [-0.3, -0.25) is 19.2 Å². The number of benzene rings is 1. The molecule has 1 unspecified atom stereocenters. The molecule has 2 fully saturated rings. The van der Waals surface area contributed by atoms with Gasteiger partial charge in [-0.05, 0) is 71.3 Å². The minimum Gasteiger partial charge on any atom is -0.445 e. The highest BCUT2D eigenvalue weighted by atomic mass is 16.6. The predicted octanol–water partition coefficient (Wildman–Crippen LogP) is 3.91. The molecule has 45 heavy (non-hydrogen) atoms. The Kier molecular flexibility index (Phi) is 13.1. The van der Waals surface area contributed by atoms with Gasteiger partial charge in [-0.25, -0.2) is 4.79 Å². The summed E-state index contributed by atoms with van der Waals surface area (Å²) in [4.78, 5) is 64.9. The van der Waals surface area contributed by atoms with Crippen LogP contribution in [0.4, 0.5) is 4.79 Å². The Bertz CT molecular complexity index is 1220. The summed E-state index contributed by atoms with van der Waals surface area (Å²) in [5, 5.41) is 11.2. The lowest BCUT2D eigenvalue weighted by Crippen LogP contribution is -2.58. The highest BCUT2D eigenvalue weighted by Crippen LogP contribution is 2.31. The van der Waals surface area contributed by atoms with Crippen molar-refractivity contribution in [3.8, 4) is 0 Å². The van der Waals surface area contributed by atoms with Gasteiger partial charge >= 0.3 is 6.09 Å². The first-order chi connectivity index (χ1) is 21.2. The van der Waals surface area contributed by atoms with Crippen molar-refractivity contribution >= 4 is 29.6 Å². The maximum absolute atomic E-state index is 13.7. The molecule has 11 nitrogen and oxygen atoms in total. The molecular weight excluding hydrogens is 576 g/mol. The van der Waals surface area contributed by atoms with Crippen molar-refractivity contribution in [1.29, 1.82) is 0 Å². The number of alkyl carbamates (subject to hydrolysis) is 1. The number of nitrogens with one attached hydrogen (secondary N) is 4. The molecule has 11 heteroatoms. The molecule has 248 valence electrons. The van der Waals surface area contributed by atoms with Crippen LogP contribution in [0.3, 0.4) is 0 Å². The number of rotatable bonds is 16. The zero-order valence-electron chi connectivity index (χ0n) is 27.4. The van der Waals surface area contributed by atoms with Gasteiger partial charge in [0.2, 0.25) is 17.7 Å². The van der Waals surface area contributed by atoms with E-state index in [1.807, 2.05) is 65.0 Å². The van der Waals surface area contributed by atoms with E-state index in [1.54, 1.807) is 13.0 Å². The summed E-state index contributed by atoms with van der Waals surface area (Å²) in [6, 6.07) is 7.05. The number of Topliss-reactive ketones (excluding diaryl/α,β-unsaturated/α-hetero) is 1. The zero-order chi connectivity index (χ0) is 33.1. The molecule has 1 heterocycles. The minimum absolute atomic E-state index is 0.0191. The van der Waals surface area contributed by atoms with E-state index in [1.165, 1.54) is 0 Å². The molecular formula is C34H50N4O7. The first kappa shape index (κ1) is 35.7. The van der Waals surface area contributed by atoms with Gasteiger partial charge in [0.25, 0.3) is 0 Å². The summed E-state index contributed by atoms with van der Waals surface area (Å²) in [7, 11) is 0. The van der Waals surface area contributed by atoms with E-state index in [4.69, 9.17) is 9.47 Å². The van der Waals surface area contributed by atoms with E-state index in [0.29, 0.717) is 25.1 Å². The lowest BCUT2D eigenvalue weighted by molar-refractivity contribution is -0.135. The summed E-state index contributed by atoms with van der Waals surface area (Å²) in [6.07, 6.45) is 3.31. The fourth-order valence-corrected chi connectivity index (χ4v) is 5.21. The van der Waals surface area contributed by atoms with Crippen molar-refractivity contribution in [2.75, 3.05) is 6.54 Å². The van der Waals surface area contributed by atoms with Crippen LogP contribution in [-0.4, -0.2) is 59.9 Å².